The van der Waals surface area contributed by atoms with Crippen molar-refractivity contribution in [1.82, 2.24) is 0 Å². The molecule has 0 saturated carbocycles. The van der Waals surface area contributed by atoms with Crippen LogP contribution in [0.15, 0.2) is 24.3 Å². The number of aliphatic hydroxyl groups is 1. The molecule has 0 amide bonds. The Morgan fingerprint density at radius 1 is 1.62 bits per heavy atom. The lowest BCUT2D eigenvalue weighted by atomic mass is 10.00. The van der Waals surface area contributed by atoms with E-state index < -0.39 is 11.6 Å². The molecule has 3 nitrogen and oxygen atoms in total. The van der Waals surface area contributed by atoms with Crippen LogP contribution in [0, 0.1) is 0 Å². The van der Waals surface area contributed by atoms with Crippen LogP contribution < -0.4 is 0 Å². The van der Waals surface area contributed by atoms with Crippen LogP contribution in [-0.4, -0.2) is 21.8 Å². The van der Waals surface area contributed by atoms with E-state index in [1.54, 1.807) is 13.0 Å². The first-order chi connectivity index (χ1) is 5.89. The van der Waals surface area contributed by atoms with E-state index in [1.165, 1.54) is 13.0 Å². The first-order valence-corrected chi connectivity index (χ1v) is 4.15. The fourth-order valence-corrected chi connectivity index (χ4v) is 0.770. The summed E-state index contributed by atoms with van der Waals surface area (Å²) in [4.78, 5) is 10.4. The molecule has 2 N–H and O–H groups in total. The maximum Gasteiger partial charge on any atom is 0.330 e. The van der Waals surface area contributed by atoms with Crippen molar-refractivity contribution in [1.29, 1.82) is 0 Å². The van der Waals surface area contributed by atoms with Crippen molar-refractivity contribution in [3.63, 3.8) is 0 Å². The van der Waals surface area contributed by atoms with Crippen LogP contribution in [0.2, 0.25) is 0 Å². The SMILES string of the molecule is C=CC(C)(O)CC/C=C(\C)C(=O)O. The molecule has 1 unspecified atom stereocenters. The van der Waals surface area contributed by atoms with Crippen molar-refractivity contribution in [3.8, 4) is 0 Å². The molecule has 0 aromatic rings. The highest BCUT2D eigenvalue weighted by molar-refractivity contribution is 5.85. The lowest BCUT2D eigenvalue weighted by Gasteiger charge is -2.16. The van der Waals surface area contributed by atoms with Gasteiger partial charge in [-0.15, -0.1) is 6.58 Å². The summed E-state index contributed by atoms with van der Waals surface area (Å²) >= 11 is 0. The molecule has 0 aliphatic heterocycles. The Kier molecular flexibility index (Phi) is 4.42. The zero-order valence-electron chi connectivity index (χ0n) is 8.08. The molecular weight excluding hydrogens is 168 g/mol. The normalized spacial score (nSPS) is 16.4. The molecule has 0 rings (SSSR count). The third-order valence-corrected chi connectivity index (χ3v) is 1.88. The molecule has 0 spiro atoms. The number of aliphatic carboxylic acids is 1. The molecule has 0 aliphatic carbocycles. The van der Waals surface area contributed by atoms with Crippen LogP contribution in [0.1, 0.15) is 26.7 Å². The summed E-state index contributed by atoms with van der Waals surface area (Å²) in [6, 6.07) is 0. The lowest BCUT2D eigenvalue weighted by molar-refractivity contribution is -0.132. The maximum atomic E-state index is 10.4. The largest absolute Gasteiger partial charge is 0.478 e. The number of hydrogen-bond donors (Lipinski definition) is 2. The molecule has 0 aromatic heterocycles. The molecule has 0 heterocycles. The minimum absolute atomic E-state index is 0.305. The van der Waals surface area contributed by atoms with Gasteiger partial charge in [-0.25, -0.2) is 4.79 Å². The van der Waals surface area contributed by atoms with E-state index in [0.29, 0.717) is 18.4 Å². The Labute approximate surface area is 78.4 Å². The van der Waals surface area contributed by atoms with E-state index >= 15 is 0 Å². The minimum Gasteiger partial charge on any atom is -0.478 e. The van der Waals surface area contributed by atoms with E-state index in [1.807, 2.05) is 0 Å². The standard InChI is InChI=1S/C10H16O3/c1-4-10(3,13)7-5-6-8(2)9(11)12/h4,6,13H,1,5,7H2,2-3H3,(H,11,12)/b8-6+. The highest BCUT2D eigenvalue weighted by Crippen LogP contribution is 2.13. The van der Waals surface area contributed by atoms with Crippen molar-refractivity contribution >= 4 is 5.97 Å². The van der Waals surface area contributed by atoms with E-state index in [-0.39, 0.29) is 0 Å². The lowest BCUT2D eigenvalue weighted by Crippen LogP contribution is -2.19. The molecule has 3 heteroatoms. The van der Waals surface area contributed by atoms with Crippen molar-refractivity contribution < 1.29 is 15.0 Å². The average Bonchev–Trinajstić information content (AvgIpc) is 2.04. The number of carbonyl (C=O) groups is 1. The summed E-state index contributed by atoms with van der Waals surface area (Å²) in [5.41, 5.74) is -0.602. The van der Waals surface area contributed by atoms with E-state index in [9.17, 15) is 9.90 Å². The molecule has 13 heavy (non-hydrogen) atoms. The van der Waals surface area contributed by atoms with Gasteiger partial charge in [0.1, 0.15) is 0 Å². The van der Waals surface area contributed by atoms with Gasteiger partial charge in [-0.1, -0.05) is 12.2 Å². The average molecular weight is 184 g/mol. The van der Waals surface area contributed by atoms with Gasteiger partial charge >= 0.3 is 5.97 Å². The fraction of sp³-hybridized carbons (Fsp3) is 0.500. The topological polar surface area (TPSA) is 57.5 Å². The van der Waals surface area contributed by atoms with Crippen LogP contribution in [0.5, 0.6) is 0 Å². The monoisotopic (exact) mass is 184 g/mol. The molecule has 74 valence electrons. The van der Waals surface area contributed by atoms with Crippen LogP contribution in [0.4, 0.5) is 0 Å². The van der Waals surface area contributed by atoms with E-state index in [4.69, 9.17) is 5.11 Å². The number of carboxylic acid groups (broad SMARTS) is 1. The van der Waals surface area contributed by atoms with Crippen LogP contribution >= 0.6 is 0 Å². The third-order valence-electron chi connectivity index (χ3n) is 1.88. The second kappa shape index (κ2) is 4.82. The van der Waals surface area contributed by atoms with Gasteiger partial charge in [-0.05, 0) is 26.7 Å². The van der Waals surface area contributed by atoms with Crippen LogP contribution in [-0.2, 0) is 4.79 Å². The quantitative estimate of drug-likeness (QED) is 0.505. The zero-order chi connectivity index (χ0) is 10.5. The molecule has 0 saturated heterocycles. The second-order valence-corrected chi connectivity index (χ2v) is 3.29. The van der Waals surface area contributed by atoms with E-state index in [0.717, 1.165) is 0 Å². The number of rotatable bonds is 5. The van der Waals surface area contributed by atoms with Gasteiger partial charge in [-0.3, -0.25) is 0 Å². The first kappa shape index (κ1) is 11.9. The number of allylic oxidation sites excluding steroid dienone is 1. The van der Waals surface area contributed by atoms with Gasteiger partial charge in [0.2, 0.25) is 0 Å². The molecule has 0 radical (unpaired) electrons. The second-order valence-electron chi connectivity index (χ2n) is 3.29. The Balaban J connectivity index is 3.99. The van der Waals surface area contributed by atoms with Gasteiger partial charge in [0.15, 0.2) is 0 Å². The molecule has 0 bridgehead atoms. The Bertz CT molecular complexity index is 226. The molecular formula is C10H16O3. The Hall–Kier alpha value is -1.09. The highest BCUT2D eigenvalue weighted by Gasteiger charge is 2.13. The summed E-state index contributed by atoms with van der Waals surface area (Å²) in [5.74, 6) is -0.918. The minimum atomic E-state index is -0.918. The number of hydrogen-bond acceptors (Lipinski definition) is 2. The predicted molar refractivity (Wildman–Crippen MR) is 51.4 cm³/mol. The molecule has 1 atom stereocenters. The summed E-state index contributed by atoms with van der Waals surface area (Å²) in [6.45, 7) is 6.65. The molecule has 0 aliphatic rings. The molecule has 0 fully saturated rings. The van der Waals surface area contributed by atoms with Crippen molar-refractivity contribution in [2.45, 2.75) is 32.3 Å². The summed E-state index contributed by atoms with van der Waals surface area (Å²) in [6.07, 6.45) is 4.08. The fourth-order valence-electron chi connectivity index (χ4n) is 0.770. The van der Waals surface area contributed by atoms with Gasteiger partial charge in [-0.2, -0.15) is 0 Å². The Morgan fingerprint density at radius 2 is 2.15 bits per heavy atom. The van der Waals surface area contributed by atoms with Crippen LogP contribution in [0.25, 0.3) is 0 Å². The third kappa shape index (κ3) is 5.20. The predicted octanol–water partition coefficient (Wildman–Crippen LogP) is 1.73. The van der Waals surface area contributed by atoms with Gasteiger partial charge < -0.3 is 10.2 Å². The van der Waals surface area contributed by atoms with Gasteiger partial charge in [0, 0.05) is 5.57 Å². The van der Waals surface area contributed by atoms with Crippen LogP contribution in [0.3, 0.4) is 0 Å². The maximum absolute atomic E-state index is 10.4. The van der Waals surface area contributed by atoms with Crippen molar-refractivity contribution in [2.75, 3.05) is 0 Å². The number of carboxylic acids is 1. The van der Waals surface area contributed by atoms with Crippen molar-refractivity contribution in [3.05, 3.63) is 24.3 Å². The van der Waals surface area contributed by atoms with Gasteiger partial charge in [0.05, 0.1) is 5.60 Å². The molecule has 0 aromatic carbocycles. The first-order valence-electron chi connectivity index (χ1n) is 4.15. The smallest absolute Gasteiger partial charge is 0.330 e. The van der Waals surface area contributed by atoms with E-state index in [2.05, 4.69) is 6.58 Å². The van der Waals surface area contributed by atoms with Crippen molar-refractivity contribution in [2.24, 2.45) is 0 Å². The summed E-state index contributed by atoms with van der Waals surface area (Å²) < 4.78 is 0. The summed E-state index contributed by atoms with van der Waals surface area (Å²) in [7, 11) is 0. The Morgan fingerprint density at radius 3 is 2.54 bits per heavy atom. The zero-order valence-corrected chi connectivity index (χ0v) is 8.08. The summed E-state index contributed by atoms with van der Waals surface area (Å²) in [5, 5.41) is 18.0. The van der Waals surface area contributed by atoms with Gasteiger partial charge in [0.25, 0.3) is 0 Å². The highest BCUT2D eigenvalue weighted by atomic mass is 16.4.